The highest BCUT2D eigenvalue weighted by molar-refractivity contribution is 5.96. The van der Waals surface area contributed by atoms with Crippen LogP contribution in [-0.4, -0.2) is 18.5 Å². The summed E-state index contributed by atoms with van der Waals surface area (Å²) in [6.07, 6.45) is -1.09. The van der Waals surface area contributed by atoms with Crippen LogP contribution in [0.25, 0.3) is 0 Å². The first kappa shape index (κ1) is 22.1. The number of benzene rings is 3. The van der Waals surface area contributed by atoms with Gasteiger partial charge in [0.05, 0.1) is 0 Å². The maximum atomic E-state index is 13.0. The molecule has 0 saturated carbocycles. The number of nitrogens with one attached hydrogen (secondary N) is 1. The standard InChI is InChI=1S/C26H27NO4/c1-17-10-18(2)13-22(12-17)27-26(29)25(21-8-6-5-7-9-21)31-24(28)16-30-23-14-19(3)11-20(4)15-23/h5-15,25H,16H2,1-4H3,(H,27,29). The fourth-order valence-corrected chi connectivity index (χ4v) is 3.48. The van der Waals surface area contributed by atoms with Crippen LogP contribution in [0, 0.1) is 27.7 Å². The second-order valence-corrected chi connectivity index (χ2v) is 7.76. The highest BCUT2D eigenvalue weighted by atomic mass is 16.6. The largest absolute Gasteiger partial charge is 0.482 e. The van der Waals surface area contributed by atoms with Gasteiger partial charge in [-0.05, 0) is 74.2 Å². The summed E-state index contributed by atoms with van der Waals surface area (Å²) in [4.78, 5) is 25.5. The number of esters is 1. The summed E-state index contributed by atoms with van der Waals surface area (Å²) >= 11 is 0. The molecular formula is C26H27NO4. The Balaban J connectivity index is 1.72. The first-order chi connectivity index (χ1) is 14.8. The molecule has 5 nitrogen and oxygen atoms in total. The lowest BCUT2D eigenvalue weighted by Crippen LogP contribution is -2.28. The van der Waals surface area contributed by atoms with Gasteiger partial charge in [0.2, 0.25) is 6.10 Å². The molecule has 31 heavy (non-hydrogen) atoms. The van der Waals surface area contributed by atoms with Gasteiger partial charge in [-0.3, -0.25) is 4.79 Å². The fraction of sp³-hybridized carbons (Fsp3) is 0.231. The monoisotopic (exact) mass is 417 g/mol. The summed E-state index contributed by atoms with van der Waals surface area (Å²) in [5, 5.41) is 2.86. The Kier molecular flexibility index (Phi) is 7.08. The molecule has 1 amide bonds. The Bertz CT molecular complexity index is 1040. The van der Waals surface area contributed by atoms with Crippen molar-refractivity contribution in [1.82, 2.24) is 0 Å². The molecule has 0 bridgehead atoms. The van der Waals surface area contributed by atoms with E-state index in [1.165, 1.54) is 0 Å². The van der Waals surface area contributed by atoms with Gasteiger partial charge in [-0.25, -0.2) is 4.79 Å². The molecule has 0 aliphatic heterocycles. The Labute approximate surface area is 183 Å². The predicted molar refractivity (Wildman–Crippen MR) is 121 cm³/mol. The van der Waals surface area contributed by atoms with E-state index in [1.807, 2.05) is 70.2 Å². The fourth-order valence-electron chi connectivity index (χ4n) is 3.48. The summed E-state index contributed by atoms with van der Waals surface area (Å²) in [5.74, 6) is -0.454. The molecule has 0 aromatic heterocycles. The van der Waals surface area contributed by atoms with E-state index in [0.717, 1.165) is 22.3 Å². The van der Waals surface area contributed by atoms with E-state index < -0.39 is 18.0 Å². The van der Waals surface area contributed by atoms with Crippen LogP contribution < -0.4 is 10.1 Å². The lowest BCUT2D eigenvalue weighted by atomic mass is 10.1. The Morgan fingerprint density at radius 2 is 1.35 bits per heavy atom. The van der Waals surface area contributed by atoms with Gasteiger partial charge in [0.1, 0.15) is 5.75 Å². The van der Waals surface area contributed by atoms with Crippen molar-refractivity contribution in [3.63, 3.8) is 0 Å². The van der Waals surface area contributed by atoms with Crippen LogP contribution in [0.2, 0.25) is 0 Å². The molecule has 0 saturated heterocycles. The van der Waals surface area contributed by atoms with Crippen LogP contribution in [-0.2, 0) is 14.3 Å². The lowest BCUT2D eigenvalue weighted by molar-refractivity contribution is -0.156. The van der Waals surface area contributed by atoms with Crippen LogP contribution in [0.4, 0.5) is 5.69 Å². The SMILES string of the molecule is Cc1cc(C)cc(NC(=O)C(OC(=O)COc2cc(C)cc(C)c2)c2ccccc2)c1. The summed E-state index contributed by atoms with van der Waals surface area (Å²) in [7, 11) is 0. The highest BCUT2D eigenvalue weighted by Crippen LogP contribution is 2.22. The van der Waals surface area contributed by atoms with Crippen molar-refractivity contribution in [1.29, 1.82) is 0 Å². The van der Waals surface area contributed by atoms with Crippen LogP contribution in [0.3, 0.4) is 0 Å². The van der Waals surface area contributed by atoms with Crippen molar-refractivity contribution < 1.29 is 19.1 Å². The second kappa shape index (κ2) is 9.94. The van der Waals surface area contributed by atoms with Gasteiger partial charge in [-0.2, -0.15) is 0 Å². The number of aryl methyl sites for hydroxylation is 4. The van der Waals surface area contributed by atoms with Gasteiger partial charge in [-0.15, -0.1) is 0 Å². The number of ether oxygens (including phenoxy) is 2. The minimum absolute atomic E-state index is 0.289. The van der Waals surface area contributed by atoms with E-state index in [1.54, 1.807) is 24.3 Å². The highest BCUT2D eigenvalue weighted by Gasteiger charge is 2.25. The minimum Gasteiger partial charge on any atom is -0.482 e. The van der Waals surface area contributed by atoms with Crippen LogP contribution >= 0.6 is 0 Å². The van der Waals surface area contributed by atoms with Gasteiger partial charge in [0.15, 0.2) is 6.61 Å². The molecule has 3 aromatic rings. The van der Waals surface area contributed by atoms with Gasteiger partial charge in [0, 0.05) is 11.3 Å². The third-order valence-corrected chi connectivity index (χ3v) is 4.63. The van der Waals surface area contributed by atoms with Crippen LogP contribution in [0.5, 0.6) is 5.75 Å². The van der Waals surface area contributed by atoms with E-state index >= 15 is 0 Å². The summed E-state index contributed by atoms with van der Waals surface area (Å²) in [6, 6.07) is 20.4. The van der Waals surface area contributed by atoms with Crippen molar-refractivity contribution in [3.05, 3.63) is 94.5 Å². The zero-order chi connectivity index (χ0) is 22.4. The topological polar surface area (TPSA) is 64.6 Å². The number of carbonyl (C=O) groups is 2. The number of hydrogen-bond acceptors (Lipinski definition) is 4. The van der Waals surface area contributed by atoms with Crippen molar-refractivity contribution in [2.24, 2.45) is 0 Å². The quantitative estimate of drug-likeness (QED) is 0.535. The van der Waals surface area contributed by atoms with Crippen molar-refractivity contribution in [2.75, 3.05) is 11.9 Å². The number of rotatable bonds is 7. The molecule has 5 heteroatoms. The van der Waals surface area contributed by atoms with Crippen LogP contribution in [0.15, 0.2) is 66.7 Å². The molecule has 0 fully saturated rings. The van der Waals surface area contributed by atoms with E-state index in [0.29, 0.717) is 17.0 Å². The van der Waals surface area contributed by atoms with Gasteiger partial charge >= 0.3 is 5.97 Å². The molecule has 0 aliphatic carbocycles. The average Bonchev–Trinajstić information content (AvgIpc) is 2.69. The normalized spacial score (nSPS) is 11.5. The molecule has 3 rings (SSSR count). The zero-order valence-corrected chi connectivity index (χ0v) is 18.3. The van der Waals surface area contributed by atoms with E-state index in [4.69, 9.17) is 9.47 Å². The molecule has 0 radical (unpaired) electrons. The zero-order valence-electron chi connectivity index (χ0n) is 18.3. The summed E-state index contributed by atoms with van der Waals surface area (Å²) in [5.41, 5.74) is 5.39. The Morgan fingerprint density at radius 1 is 0.806 bits per heavy atom. The first-order valence-electron chi connectivity index (χ1n) is 10.1. The third-order valence-electron chi connectivity index (χ3n) is 4.63. The number of carbonyl (C=O) groups excluding carboxylic acids is 2. The number of anilines is 1. The maximum absolute atomic E-state index is 13.0. The molecule has 0 aliphatic rings. The van der Waals surface area contributed by atoms with Crippen LogP contribution in [0.1, 0.15) is 33.9 Å². The van der Waals surface area contributed by atoms with Crippen molar-refractivity contribution in [2.45, 2.75) is 33.8 Å². The van der Waals surface area contributed by atoms with E-state index in [2.05, 4.69) is 5.32 Å². The molecule has 0 heterocycles. The molecule has 3 aromatic carbocycles. The molecule has 0 spiro atoms. The maximum Gasteiger partial charge on any atom is 0.345 e. The molecule has 1 unspecified atom stereocenters. The molecular weight excluding hydrogens is 390 g/mol. The smallest absolute Gasteiger partial charge is 0.345 e. The van der Waals surface area contributed by atoms with Gasteiger partial charge in [0.25, 0.3) is 5.91 Å². The first-order valence-corrected chi connectivity index (χ1v) is 10.1. The van der Waals surface area contributed by atoms with E-state index in [-0.39, 0.29) is 6.61 Å². The Morgan fingerprint density at radius 3 is 1.94 bits per heavy atom. The van der Waals surface area contributed by atoms with Crippen molar-refractivity contribution in [3.8, 4) is 5.75 Å². The third kappa shape index (κ3) is 6.44. The number of hydrogen-bond donors (Lipinski definition) is 1. The number of amides is 1. The minimum atomic E-state index is -1.09. The molecule has 1 N–H and O–H groups in total. The lowest BCUT2D eigenvalue weighted by Gasteiger charge is -2.19. The Hall–Kier alpha value is -3.60. The summed E-state index contributed by atoms with van der Waals surface area (Å²) in [6.45, 7) is 7.55. The summed E-state index contributed by atoms with van der Waals surface area (Å²) < 4.78 is 11.1. The predicted octanol–water partition coefficient (Wildman–Crippen LogP) is 5.22. The molecule has 160 valence electrons. The van der Waals surface area contributed by atoms with Gasteiger partial charge in [-0.1, -0.05) is 42.5 Å². The van der Waals surface area contributed by atoms with E-state index in [9.17, 15) is 9.59 Å². The molecule has 1 atom stereocenters. The van der Waals surface area contributed by atoms with Gasteiger partial charge < -0.3 is 14.8 Å². The second-order valence-electron chi connectivity index (χ2n) is 7.76. The average molecular weight is 418 g/mol. The van der Waals surface area contributed by atoms with Crippen molar-refractivity contribution >= 4 is 17.6 Å².